The predicted molar refractivity (Wildman–Crippen MR) is 94.2 cm³/mol. The van der Waals surface area contributed by atoms with E-state index < -0.39 is 49.0 Å². The Morgan fingerprint density at radius 2 is 1.69 bits per heavy atom. The third-order valence-electron chi connectivity index (χ3n) is 4.99. The minimum atomic E-state index is -1.28. The SMILES string of the molecule is CCC(C)OC1OC(COC(O)C(CC)C(O)C(O)CC)CC(O)C1O. The first-order chi connectivity index (χ1) is 12.2. The van der Waals surface area contributed by atoms with Crippen molar-refractivity contribution in [1.29, 1.82) is 0 Å². The van der Waals surface area contributed by atoms with E-state index in [0.717, 1.165) is 6.42 Å². The third kappa shape index (κ3) is 6.69. The van der Waals surface area contributed by atoms with E-state index >= 15 is 0 Å². The highest BCUT2D eigenvalue weighted by Crippen LogP contribution is 2.25. The van der Waals surface area contributed by atoms with Crippen LogP contribution in [0.2, 0.25) is 0 Å². The van der Waals surface area contributed by atoms with Crippen molar-refractivity contribution in [2.24, 2.45) is 5.92 Å². The summed E-state index contributed by atoms with van der Waals surface area (Å²) in [5.41, 5.74) is 0. The van der Waals surface area contributed by atoms with Gasteiger partial charge in [-0.2, -0.15) is 0 Å². The number of hydrogen-bond donors (Lipinski definition) is 5. The highest BCUT2D eigenvalue weighted by molar-refractivity contribution is 4.82. The van der Waals surface area contributed by atoms with Crippen molar-refractivity contribution in [3.05, 3.63) is 0 Å². The molecule has 9 atom stereocenters. The summed E-state index contributed by atoms with van der Waals surface area (Å²) in [6, 6.07) is 0. The number of rotatable bonds is 11. The van der Waals surface area contributed by atoms with Gasteiger partial charge in [-0.3, -0.25) is 0 Å². The fraction of sp³-hybridized carbons (Fsp3) is 1.00. The topological polar surface area (TPSA) is 129 Å². The van der Waals surface area contributed by atoms with E-state index in [1.165, 1.54) is 0 Å². The molecule has 0 aliphatic carbocycles. The molecule has 0 saturated carbocycles. The molecule has 1 rings (SSSR count). The molecule has 0 aromatic rings. The van der Waals surface area contributed by atoms with Crippen LogP contribution >= 0.6 is 0 Å². The first-order valence-electron chi connectivity index (χ1n) is 9.57. The quantitative estimate of drug-likeness (QED) is 0.320. The maximum absolute atomic E-state index is 10.2. The zero-order valence-corrected chi connectivity index (χ0v) is 16.2. The number of aliphatic hydroxyl groups is 5. The Hall–Kier alpha value is -0.320. The molecule has 1 heterocycles. The van der Waals surface area contributed by atoms with Crippen LogP contribution in [0, 0.1) is 5.92 Å². The second-order valence-electron chi connectivity index (χ2n) is 7.04. The van der Waals surface area contributed by atoms with Gasteiger partial charge in [0.15, 0.2) is 12.6 Å². The first-order valence-corrected chi connectivity index (χ1v) is 9.57. The van der Waals surface area contributed by atoms with Crippen molar-refractivity contribution in [3.63, 3.8) is 0 Å². The van der Waals surface area contributed by atoms with Gasteiger partial charge in [0.2, 0.25) is 0 Å². The molecule has 0 spiro atoms. The number of ether oxygens (including phenoxy) is 3. The largest absolute Gasteiger partial charge is 0.390 e. The van der Waals surface area contributed by atoms with E-state index in [1.807, 2.05) is 13.8 Å². The minimum absolute atomic E-state index is 0.0310. The molecule has 1 saturated heterocycles. The summed E-state index contributed by atoms with van der Waals surface area (Å²) in [4.78, 5) is 0. The van der Waals surface area contributed by atoms with Crippen molar-refractivity contribution in [3.8, 4) is 0 Å². The molecule has 1 fully saturated rings. The van der Waals surface area contributed by atoms with Crippen LogP contribution in [-0.4, -0.2) is 81.3 Å². The lowest BCUT2D eigenvalue weighted by atomic mass is 9.93. The van der Waals surface area contributed by atoms with Gasteiger partial charge in [0, 0.05) is 12.3 Å². The standard InChI is InChI=1S/C18H36O8/c1-5-10(4)25-18-16(22)14(20)8-11(26-18)9-24-17(23)12(6-2)15(21)13(19)7-3/h10-23H,5-9H2,1-4H3. The Labute approximate surface area is 155 Å². The minimum Gasteiger partial charge on any atom is -0.390 e. The van der Waals surface area contributed by atoms with Crippen molar-refractivity contribution >= 4 is 0 Å². The van der Waals surface area contributed by atoms with Gasteiger partial charge in [0.25, 0.3) is 0 Å². The number of aliphatic hydroxyl groups excluding tert-OH is 5. The second kappa shape index (κ2) is 11.5. The van der Waals surface area contributed by atoms with Gasteiger partial charge in [-0.15, -0.1) is 0 Å². The van der Waals surface area contributed by atoms with Crippen LogP contribution < -0.4 is 0 Å². The third-order valence-corrected chi connectivity index (χ3v) is 4.99. The van der Waals surface area contributed by atoms with Crippen molar-refractivity contribution in [2.45, 2.75) is 103 Å². The molecule has 0 radical (unpaired) electrons. The van der Waals surface area contributed by atoms with Crippen LogP contribution in [0.1, 0.15) is 53.4 Å². The molecule has 0 aromatic carbocycles. The molecule has 8 nitrogen and oxygen atoms in total. The van der Waals surface area contributed by atoms with Crippen molar-refractivity contribution in [2.75, 3.05) is 6.61 Å². The van der Waals surface area contributed by atoms with E-state index in [0.29, 0.717) is 12.8 Å². The molecule has 156 valence electrons. The monoisotopic (exact) mass is 380 g/mol. The van der Waals surface area contributed by atoms with E-state index in [4.69, 9.17) is 14.2 Å². The summed E-state index contributed by atoms with van der Waals surface area (Å²) in [5.74, 6) is -0.642. The molecular weight excluding hydrogens is 344 g/mol. The van der Waals surface area contributed by atoms with Crippen LogP contribution in [0.3, 0.4) is 0 Å². The summed E-state index contributed by atoms with van der Waals surface area (Å²) in [5, 5.41) is 50.2. The van der Waals surface area contributed by atoms with Crippen LogP contribution in [0.25, 0.3) is 0 Å². The van der Waals surface area contributed by atoms with Gasteiger partial charge in [-0.1, -0.05) is 20.8 Å². The highest BCUT2D eigenvalue weighted by atomic mass is 16.7. The molecule has 5 N–H and O–H groups in total. The predicted octanol–water partition coefficient (Wildman–Crippen LogP) is 0.131. The molecule has 0 bridgehead atoms. The second-order valence-corrected chi connectivity index (χ2v) is 7.04. The van der Waals surface area contributed by atoms with E-state index in [-0.39, 0.29) is 19.1 Å². The lowest BCUT2D eigenvalue weighted by Crippen LogP contribution is -2.52. The van der Waals surface area contributed by atoms with Crippen LogP contribution in [0.15, 0.2) is 0 Å². The summed E-state index contributed by atoms with van der Waals surface area (Å²) >= 11 is 0. The molecule has 1 aliphatic heterocycles. The normalized spacial score (nSPS) is 32.7. The van der Waals surface area contributed by atoms with Gasteiger partial charge in [0.05, 0.1) is 37.1 Å². The highest BCUT2D eigenvalue weighted by Gasteiger charge is 2.39. The molecule has 0 amide bonds. The Balaban J connectivity index is 2.58. The van der Waals surface area contributed by atoms with Crippen LogP contribution in [-0.2, 0) is 14.2 Å². The summed E-state index contributed by atoms with van der Waals surface area (Å²) < 4.78 is 16.7. The molecular formula is C18H36O8. The molecule has 1 aliphatic rings. The van der Waals surface area contributed by atoms with Gasteiger partial charge in [-0.05, 0) is 26.2 Å². The first kappa shape index (κ1) is 23.7. The Morgan fingerprint density at radius 1 is 1.04 bits per heavy atom. The van der Waals surface area contributed by atoms with E-state index in [9.17, 15) is 25.5 Å². The lowest BCUT2D eigenvalue weighted by molar-refractivity contribution is -0.292. The van der Waals surface area contributed by atoms with Gasteiger partial charge >= 0.3 is 0 Å². The van der Waals surface area contributed by atoms with Crippen LogP contribution in [0.4, 0.5) is 0 Å². The molecule has 9 unspecified atom stereocenters. The maximum Gasteiger partial charge on any atom is 0.186 e. The van der Waals surface area contributed by atoms with Crippen LogP contribution in [0.5, 0.6) is 0 Å². The summed E-state index contributed by atoms with van der Waals surface area (Å²) in [6.45, 7) is 7.29. The summed E-state index contributed by atoms with van der Waals surface area (Å²) in [7, 11) is 0. The van der Waals surface area contributed by atoms with Crippen molar-refractivity contribution in [1.82, 2.24) is 0 Å². The lowest BCUT2D eigenvalue weighted by Gasteiger charge is -2.38. The molecule has 0 aromatic heterocycles. The average molecular weight is 380 g/mol. The van der Waals surface area contributed by atoms with Gasteiger partial charge in [0.1, 0.15) is 6.10 Å². The molecule has 26 heavy (non-hydrogen) atoms. The fourth-order valence-corrected chi connectivity index (χ4v) is 2.93. The summed E-state index contributed by atoms with van der Waals surface area (Å²) in [6.07, 6.45) is -5.47. The smallest absolute Gasteiger partial charge is 0.186 e. The zero-order valence-electron chi connectivity index (χ0n) is 16.2. The Bertz CT molecular complexity index is 382. The Kier molecular flexibility index (Phi) is 10.5. The average Bonchev–Trinajstić information content (AvgIpc) is 2.63. The Morgan fingerprint density at radius 3 is 2.23 bits per heavy atom. The number of hydrogen-bond acceptors (Lipinski definition) is 8. The molecule has 8 heteroatoms. The van der Waals surface area contributed by atoms with Gasteiger partial charge in [-0.25, -0.2) is 0 Å². The van der Waals surface area contributed by atoms with E-state index in [1.54, 1.807) is 13.8 Å². The van der Waals surface area contributed by atoms with Crippen molar-refractivity contribution < 1.29 is 39.7 Å². The fourth-order valence-electron chi connectivity index (χ4n) is 2.93. The maximum atomic E-state index is 10.2. The van der Waals surface area contributed by atoms with E-state index in [2.05, 4.69) is 0 Å². The van der Waals surface area contributed by atoms with Gasteiger partial charge < -0.3 is 39.7 Å². The zero-order chi connectivity index (χ0) is 19.9.